The third-order valence-corrected chi connectivity index (χ3v) is 2.79. The standard InChI is InChI=1S/C12H9Cl2F3N2/c1-7(3-2-4-18)19-11-9(13)5-8(6-10(11)14)12(15,16)17/h3,5-6,19H,2H2,1H3/b7-3-. The molecule has 102 valence electrons. The molecule has 1 aromatic rings. The Hall–Kier alpha value is -1.38. The molecule has 0 saturated carbocycles. The smallest absolute Gasteiger partial charge is 0.357 e. The molecular weight excluding hydrogens is 300 g/mol. The molecule has 0 aliphatic heterocycles. The van der Waals surface area contributed by atoms with Gasteiger partial charge in [0.25, 0.3) is 0 Å². The van der Waals surface area contributed by atoms with Crippen LogP contribution in [0.1, 0.15) is 18.9 Å². The molecule has 0 fully saturated rings. The number of hydrogen-bond donors (Lipinski definition) is 1. The highest BCUT2D eigenvalue weighted by atomic mass is 35.5. The Morgan fingerprint density at radius 2 is 1.89 bits per heavy atom. The minimum absolute atomic E-state index is 0.135. The number of halogens is 5. The fourth-order valence-corrected chi connectivity index (χ4v) is 1.88. The summed E-state index contributed by atoms with van der Waals surface area (Å²) in [6, 6.07) is 3.51. The lowest BCUT2D eigenvalue weighted by Gasteiger charge is -2.14. The van der Waals surface area contributed by atoms with Crippen LogP contribution in [-0.4, -0.2) is 0 Å². The molecule has 1 aromatic carbocycles. The predicted octanol–water partition coefficient (Wildman–Crippen LogP) is 5.24. The third-order valence-electron chi connectivity index (χ3n) is 2.19. The van der Waals surface area contributed by atoms with E-state index in [2.05, 4.69) is 5.32 Å². The summed E-state index contributed by atoms with van der Waals surface area (Å²) in [5.74, 6) is 0. The zero-order valence-electron chi connectivity index (χ0n) is 9.78. The van der Waals surface area contributed by atoms with Crippen LogP contribution in [0.2, 0.25) is 10.0 Å². The van der Waals surface area contributed by atoms with E-state index in [0.717, 1.165) is 12.1 Å². The molecule has 0 atom stereocenters. The van der Waals surface area contributed by atoms with Gasteiger partial charge < -0.3 is 5.32 Å². The Bertz CT molecular complexity index is 522. The SMILES string of the molecule is C/C(=C/CC#N)Nc1c(Cl)cc(C(F)(F)F)cc1Cl. The summed E-state index contributed by atoms with van der Waals surface area (Å²) in [6.45, 7) is 1.65. The molecule has 0 spiro atoms. The second kappa shape index (κ2) is 6.18. The maximum atomic E-state index is 12.5. The Kier molecular flexibility index (Phi) is 5.10. The zero-order valence-corrected chi connectivity index (χ0v) is 11.3. The van der Waals surface area contributed by atoms with E-state index in [-0.39, 0.29) is 22.2 Å². The van der Waals surface area contributed by atoms with Gasteiger partial charge in [0, 0.05) is 5.70 Å². The molecule has 7 heteroatoms. The fraction of sp³-hybridized carbons (Fsp3) is 0.250. The number of rotatable bonds is 3. The van der Waals surface area contributed by atoms with E-state index in [9.17, 15) is 13.2 Å². The third kappa shape index (κ3) is 4.34. The molecule has 0 bridgehead atoms. The molecule has 2 nitrogen and oxygen atoms in total. The topological polar surface area (TPSA) is 35.8 Å². The highest BCUT2D eigenvalue weighted by Crippen LogP contribution is 2.38. The van der Waals surface area contributed by atoms with Crippen molar-refractivity contribution in [3.63, 3.8) is 0 Å². The Balaban J connectivity index is 3.09. The number of nitrogens with zero attached hydrogens (tertiary/aromatic N) is 1. The summed E-state index contributed by atoms with van der Waals surface area (Å²) in [6.07, 6.45) is -2.75. The van der Waals surface area contributed by atoms with Crippen LogP contribution in [0.3, 0.4) is 0 Å². The molecule has 0 heterocycles. The second-order valence-corrected chi connectivity index (χ2v) is 4.50. The van der Waals surface area contributed by atoms with Crippen molar-refractivity contribution in [1.82, 2.24) is 0 Å². The van der Waals surface area contributed by atoms with Crippen LogP contribution in [0.15, 0.2) is 23.9 Å². The predicted molar refractivity (Wildman–Crippen MR) is 69.1 cm³/mol. The van der Waals surface area contributed by atoms with Gasteiger partial charge in [-0.25, -0.2) is 0 Å². The van der Waals surface area contributed by atoms with Crippen molar-refractivity contribution in [3.05, 3.63) is 39.5 Å². The van der Waals surface area contributed by atoms with Gasteiger partial charge in [0.1, 0.15) is 0 Å². The molecule has 0 radical (unpaired) electrons. The van der Waals surface area contributed by atoms with Gasteiger partial charge in [-0.2, -0.15) is 18.4 Å². The molecule has 0 aliphatic rings. The number of anilines is 1. The minimum atomic E-state index is -4.50. The van der Waals surface area contributed by atoms with Crippen molar-refractivity contribution in [2.75, 3.05) is 5.32 Å². The van der Waals surface area contributed by atoms with E-state index in [0.29, 0.717) is 5.70 Å². The first kappa shape index (κ1) is 15.7. The number of nitrogens with one attached hydrogen (secondary N) is 1. The van der Waals surface area contributed by atoms with Crippen molar-refractivity contribution >= 4 is 28.9 Å². The van der Waals surface area contributed by atoms with Gasteiger partial charge in [0.2, 0.25) is 0 Å². The van der Waals surface area contributed by atoms with Gasteiger partial charge in [-0.1, -0.05) is 29.3 Å². The van der Waals surface area contributed by atoms with Gasteiger partial charge in [-0.05, 0) is 19.1 Å². The average molecular weight is 309 g/mol. The molecule has 19 heavy (non-hydrogen) atoms. The Morgan fingerprint density at radius 3 is 2.32 bits per heavy atom. The highest BCUT2D eigenvalue weighted by molar-refractivity contribution is 6.39. The Labute approximate surface area is 118 Å². The maximum Gasteiger partial charge on any atom is 0.416 e. The van der Waals surface area contributed by atoms with Crippen molar-refractivity contribution in [1.29, 1.82) is 5.26 Å². The van der Waals surface area contributed by atoms with E-state index in [1.165, 1.54) is 0 Å². The van der Waals surface area contributed by atoms with Crippen LogP contribution < -0.4 is 5.32 Å². The number of alkyl halides is 3. The first-order valence-electron chi connectivity index (χ1n) is 5.12. The molecular formula is C12H9Cl2F3N2. The summed E-state index contributed by atoms with van der Waals surface area (Å²) in [4.78, 5) is 0. The maximum absolute atomic E-state index is 12.5. The van der Waals surface area contributed by atoms with Gasteiger partial charge in [0.15, 0.2) is 0 Å². The van der Waals surface area contributed by atoms with Crippen molar-refractivity contribution in [3.8, 4) is 6.07 Å². The zero-order chi connectivity index (χ0) is 14.6. The lowest BCUT2D eigenvalue weighted by molar-refractivity contribution is -0.137. The highest BCUT2D eigenvalue weighted by Gasteiger charge is 2.32. The lowest BCUT2D eigenvalue weighted by Crippen LogP contribution is -2.06. The fourth-order valence-electron chi connectivity index (χ4n) is 1.30. The summed E-state index contributed by atoms with van der Waals surface area (Å²) in [5.41, 5.74) is -0.153. The molecule has 0 amide bonds. The number of nitriles is 1. The van der Waals surface area contributed by atoms with Crippen molar-refractivity contribution in [2.45, 2.75) is 19.5 Å². The van der Waals surface area contributed by atoms with Crippen LogP contribution in [0.25, 0.3) is 0 Å². The van der Waals surface area contributed by atoms with E-state index >= 15 is 0 Å². The normalized spacial score (nSPS) is 12.2. The monoisotopic (exact) mass is 308 g/mol. The second-order valence-electron chi connectivity index (χ2n) is 3.69. The van der Waals surface area contributed by atoms with Crippen molar-refractivity contribution < 1.29 is 13.2 Å². The average Bonchev–Trinajstić information content (AvgIpc) is 2.29. The van der Waals surface area contributed by atoms with Crippen LogP contribution in [0, 0.1) is 11.3 Å². The summed E-state index contributed by atoms with van der Waals surface area (Å²) in [7, 11) is 0. The number of hydrogen-bond acceptors (Lipinski definition) is 2. The van der Waals surface area contributed by atoms with Crippen molar-refractivity contribution in [2.24, 2.45) is 0 Å². The summed E-state index contributed by atoms with van der Waals surface area (Å²) >= 11 is 11.6. The van der Waals surface area contributed by atoms with E-state index in [1.54, 1.807) is 13.0 Å². The quantitative estimate of drug-likeness (QED) is 0.828. The molecule has 0 aromatic heterocycles. The Morgan fingerprint density at radius 1 is 1.37 bits per heavy atom. The largest absolute Gasteiger partial charge is 0.416 e. The minimum Gasteiger partial charge on any atom is -0.357 e. The van der Waals surface area contributed by atoms with Gasteiger partial charge >= 0.3 is 6.18 Å². The summed E-state index contributed by atoms with van der Waals surface area (Å²) in [5, 5.41) is 10.9. The molecule has 0 unspecified atom stereocenters. The molecule has 1 N–H and O–H groups in total. The van der Waals surface area contributed by atoms with Crippen LogP contribution >= 0.6 is 23.2 Å². The number of benzene rings is 1. The molecule has 1 rings (SSSR count). The van der Waals surface area contributed by atoms with E-state index in [4.69, 9.17) is 28.5 Å². The van der Waals surface area contributed by atoms with Gasteiger partial charge in [0.05, 0.1) is 33.8 Å². The lowest BCUT2D eigenvalue weighted by atomic mass is 10.2. The van der Waals surface area contributed by atoms with E-state index < -0.39 is 11.7 Å². The first-order valence-corrected chi connectivity index (χ1v) is 5.88. The van der Waals surface area contributed by atoms with Crippen LogP contribution in [0.5, 0.6) is 0 Å². The first-order chi connectivity index (χ1) is 8.75. The van der Waals surface area contributed by atoms with Gasteiger partial charge in [-0.3, -0.25) is 0 Å². The summed E-state index contributed by atoms with van der Waals surface area (Å²) < 4.78 is 37.6. The van der Waals surface area contributed by atoms with Gasteiger partial charge in [-0.15, -0.1) is 0 Å². The molecule has 0 saturated heterocycles. The number of allylic oxidation sites excluding steroid dienone is 2. The van der Waals surface area contributed by atoms with E-state index in [1.807, 2.05) is 6.07 Å². The van der Waals surface area contributed by atoms with Crippen LogP contribution in [0.4, 0.5) is 18.9 Å². The van der Waals surface area contributed by atoms with Crippen LogP contribution in [-0.2, 0) is 6.18 Å². The molecule has 0 aliphatic carbocycles.